The first kappa shape index (κ1) is 18.4. The van der Waals surface area contributed by atoms with Crippen molar-refractivity contribution in [3.63, 3.8) is 0 Å². The van der Waals surface area contributed by atoms with Gasteiger partial charge in [-0.3, -0.25) is 9.89 Å². The van der Waals surface area contributed by atoms with E-state index >= 15 is 0 Å². The van der Waals surface area contributed by atoms with Crippen LogP contribution in [0.15, 0.2) is 46.4 Å². The number of carbonyl (C=O) groups excluding carboxylic acids is 1. The Hall–Kier alpha value is -2.65. The number of carbonyl (C=O) groups is 1. The minimum Gasteiger partial charge on any atom is -0.455 e. The van der Waals surface area contributed by atoms with Crippen molar-refractivity contribution >= 4 is 17.7 Å². The maximum atomic E-state index is 12.9. The summed E-state index contributed by atoms with van der Waals surface area (Å²) in [6, 6.07) is 5.37. The number of aromatic amines is 1. The van der Waals surface area contributed by atoms with Crippen LogP contribution in [-0.2, 0) is 22.5 Å². The quantitative estimate of drug-likeness (QED) is 0.521. The summed E-state index contributed by atoms with van der Waals surface area (Å²) >= 11 is 1.48. The molecule has 8 nitrogen and oxygen atoms in total. The summed E-state index contributed by atoms with van der Waals surface area (Å²) in [6.45, 7) is 1.95. The average Bonchev–Trinajstić information content (AvgIpc) is 3.44. The number of aromatic nitrogens is 4. The van der Waals surface area contributed by atoms with Crippen molar-refractivity contribution < 1.29 is 13.9 Å². The first-order valence-electron chi connectivity index (χ1n) is 9.68. The van der Waals surface area contributed by atoms with Crippen molar-refractivity contribution in [2.75, 3.05) is 19.7 Å². The van der Waals surface area contributed by atoms with E-state index in [1.54, 1.807) is 24.5 Å². The number of hydrogen-bond acceptors (Lipinski definition) is 7. The Morgan fingerprint density at radius 1 is 1.24 bits per heavy atom. The lowest BCUT2D eigenvalue weighted by Crippen LogP contribution is -2.48. The van der Waals surface area contributed by atoms with Crippen LogP contribution < -0.4 is 0 Å². The molecule has 29 heavy (non-hydrogen) atoms. The van der Waals surface area contributed by atoms with Crippen LogP contribution in [-0.4, -0.2) is 50.7 Å². The molecule has 1 fully saturated rings. The normalized spacial score (nSPS) is 18.0. The summed E-state index contributed by atoms with van der Waals surface area (Å²) in [4.78, 5) is 23.1. The Balaban J connectivity index is 1.21. The number of amides is 1. The van der Waals surface area contributed by atoms with Gasteiger partial charge in [0.15, 0.2) is 10.9 Å². The van der Waals surface area contributed by atoms with Crippen LogP contribution in [0.4, 0.5) is 0 Å². The number of thioether (sulfide) groups is 1. The average molecular weight is 411 g/mol. The summed E-state index contributed by atoms with van der Waals surface area (Å²) in [5, 5.41) is 7.99. The highest BCUT2D eigenvalue weighted by molar-refractivity contribution is 7.98. The third kappa shape index (κ3) is 3.56. The van der Waals surface area contributed by atoms with E-state index in [2.05, 4.69) is 20.2 Å². The molecule has 5 heterocycles. The molecular weight excluding hydrogens is 390 g/mol. The summed E-state index contributed by atoms with van der Waals surface area (Å²) in [5.41, 5.74) is 1.96. The topological polar surface area (TPSA) is 97.1 Å². The van der Waals surface area contributed by atoms with E-state index in [1.165, 1.54) is 17.3 Å². The predicted molar refractivity (Wildman–Crippen MR) is 105 cm³/mol. The van der Waals surface area contributed by atoms with E-state index in [4.69, 9.17) is 9.15 Å². The van der Waals surface area contributed by atoms with Crippen molar-refractivity contribution in [2.45, 2.75) is 35.8 Å². The van der Waals surface area contributed by atoms with Gasteiger partial charge < -0.3 is 14.1 Å². The van der Waals surface area contributed by atoms with Gasteiger partial charge in [0.05, 0.1) is 24.3 Å². The van der Waals surface area contributed by atoms with E-state index in [1.807, 2.05) is 17.2 Å². The zero-order valence-electron chi connectivity index (χ0n) is 15.8. The van der Waals surface area contributed by atoms with Gasteiger partial charge in [0.25, 0.3) is 5.91 Å². The van der Waals surface area contributed by atoms with Gasteiger partial charge in [0, 0.05) is 25.5 Å². The van der Waals surface area contributed by atoms with Gasteiger partial charge in [0.1, 0.15) is 11.4 Å². The third-order valence-electron chi connectivity index (χ3n) is 5.54. The van der Waals surface area contributed by atoms with Crippen LogP contribution >= 0.6 is 11.8 Å². The highest BCUT2D eigenvalue weighted by Gasteiger charge is 2.43. The number of nitrogens with zero attached hydrogens (tertiary/aromatic N) is 4. The van der Waals surface area contributed by atoms with E-state index in [0.717, 1.165) is 30.7 Å². The Kier molecular flexibility index (Phi) is 4.84. The molecule has 1 amide bonds. The van der Waals surface area contributed by atoms with Gasteiger partial charge in [-0.25, -0.2) is 9.97 Å². The van der Waals surface area contributed by atoms with Gasteiger partial charge in [-0.2, -0.15) is 5.10 Å². The molecule has 150 valence electrons. The first-order chi connectivity index (χ1) is 14.2. The van der Waals surface area contributed by atoms with Crippen molar-refractivity contribution in [3.8, 4) is 0 Å². The Labute approximate surface area is 172 Å². The number of likely N-dealkylation sites (tertiary alicyclic amines) is 1. The lowest BCUT2D eigenvalue weighted by Gasteiger charge is -2.43. The second-order valence-corrected chi connectivity index (χ2v) is 8.18. The second kappa shape index (κ2) is 7.64. The smallest absolute Gasteiger partial charge is 0.289 e. The summed E-state index contributed by atoms with van der Waals surface area (Å²) < 4.78 is 11.9. The molecule has 0 unspecified atom stereocenters. The van der Waals surface area contributed by atoms with Gasteiger partial charge >= 0.3 is 0 Å². The third-order valence-corrected chi connectivity index (χ3v) is 6.44. The first-order valence-corrected chi connectivity index (χ1v) is 10.7. The van der Waals surface area contributed by atoms with Crippen LogP contribution in [0, 0.1) is 0 Å². The minimum atomic E-state index is -0.346. The van der Waals surface area contributed by atoms with Gasteiger partial charge in [-0.15, -0.1) is 0 Å². The van der Waals surface area contributed by atoms with E-state index < -0.39 is 0 Å². The van der Waals surface area contributed by atoms with Crippen LogP contribution in [0.25, 0.3) is 0 Å². The molecular formula is C20H21N5O3S. The van der Waals surface area contributed by atoms with Crippen LogP contribution in [0.3, 0.4) is 0 Å². The fraction of sp³-hybridized carbons (Fsp3) is 0.400. The number of rotatable bonds is 4. The minimum absolute atomic E-state index is 0.0762. The molecule has 0 aromatic carbocycles. The molecule has 3 aromatic rings. The summed E-state index contributed by atoms with van der Waals surface area (Å²) in [6.07, 6.45) is 7.69. The van der Waals surface area contributed by atoms with Gasteiger partial charge in [-0.05, 0) is 43.0 Å². The lowest BCUT2D eigenvalue weighted by molar-refractivity contribution is -0.0964. The molecule has 2 aliphatic heterocycles. The number of ether oxygens (including phenoxy) is 1. The fourth-order valence-corrected chi connectivity index (χ4v) is 4.71. The SMILES string of the molecule is O=C(c1ccc(CSc2ncccn2)o1)N1CCC2(CC1)OCCc1cn[nH]c12. The van der Waals surface area contributed by atoms with Crippen molar-refractivity contribution in [1.29, 1.82) is 0 Å². The number of furan rings is 1. The number of piperidine rings is 1. The largest absolute Gasteiger partial charge is 0.455 e. The van der Waals surface area contributed by atoms with Crippen molar-refractivity contribution in [3.05, 3.63) is 59.6 Å². The molecule has 9 heteroatoms. The Bertz CT molecular complexity index is 994. The number of nitrogens with one attached hydrogen (secondary N) is 1. The molecule has 0 aliphatic carbocycles. The maximum Gasteiger partial charge on any atom is 0.289 e. The molecule has 0 radical (unpaired) electrons. The zero-order valence-corrected chi connectivity index (χ0v) is 16.7. The summed E-state index contributed by atoms with van der Waals surface area (Å²) in [5.74, 6) is 1.61. The highest BCUT2D eigenvalue weighted by Crippen LogP contribution is 2.40. The highest BCUT2D eigenvalue weighted by atomic mass is 32.2. The Morgan fingerprint density at radius 3 is 2.90 bits per heavy atom. The number of hydrogen-bond donors (Lipinski definition) is 1. The van der Waals surface area contributed by atoms with Gasteiger partial charge in [0.2, 0.25) is 0 Å². The van der Waals surface area contributed by atoms with E-state index in [0.29, 0.717) is 36.4 Å². The predicted octanol–water partition coefficient (Wildman–Crippen LogP) is 2.79. The standard InChI is InChI=1S/C20H21N5O3S/c26-18(16-3-2-15(28-16)13-29-19-21-7-1-8-22-19)25-9-5-20(6-10-25)17-14(4-11-27-20)12-23-24-17/h1-3,7-8,12H,4-6,9-11,13H2,(H,23,24). The van der Waals surface area contributed by atoms with Gasteiger partial charge in [-0.1, -0.05) is 11.8 Å². The molecule has 0 saturated carbocycles. The second-order valence-electron chi connectivity index (χ2n) is 7.24. The van der Waals surface area contributed by atoms with E-state index in [-0.39, 0.29) is 11.5 Å². The molecule has 5 rings (SSSR count). The molecule has 1 N–H and O–H groups in total. The van der Waals surface area contributed by atoms with E-state index in [9.17, 15) is 4.79 Å². The fourth-order valence-electron chi connectivity index (χ4n) is 4.01. The molecule has 0 bridgehead atoms. The number of H-pyrrole nitrogens is 1. The molecule has 3 aromatic heterocycles. The molecule has 2 aliphatic rings. The van der Waals surface area contributed by atoms with Crippen LogP contribution in [0.1, 0.15) is 40.4 Å². The lowest BCUT2D eigenvalue weighted by atomic mass is 9.83. The van der Waals surface area contributed by atoms with Crippen molar-refractivity contribution in [1.82, 2.24) is 25.1 Å². The summed E-state index contributed by atoms with van der Waals surface area (Å²) in [7, 11) is 0. The maximum absolute atomic E-state index is 12.9. The Morgan fingerprint density at radius 2 is 2.07 bits per heavy atom. The van der Waals surface area contributed by atoms with Crippen LogP contribution in [0.2, 0.25) is 0 Å². The molecule has 0 atom stereocenters. The molecule has 1 spiro atoms. The zero-order chi connectivity index (χ0) is 19.7. The molecule has 1 saturated heterocycles. The monoisotopic (exact) mass is 411 g/mol. The van der Waals surface area contributed by atoms with Crippen LogP contribution in [0.5, 0.6) is 0 Å². The number of fused-ring (bicyclic) bond motifs is 2. The van der Waals surface area contributed by atoms with Crippen molar-refractivity contribution in [2.24, 2.45) is 0 Å².